The van der Waals surface area contributed by atoms with E-state index < -0.39 is 16.0 Å². The van der Waals surface area contributed by atoms with Gasteiger partial charge in [-0.15, -0.1) is 4.40 Å². The fourth-order valence-electron chi connectivity index (χ4n) is 2.44. The van der Waals surface area contributed by atoms with Gasteiger partial charge in [0.15, 0.2) is 0 Å². The number of benzene rings is 2. The fourth-order valence-corrected chi connectivity index (χ4v) is 2.89. The minimum Gasteiger partial charge on any atom is -0.423 e. The number of sulfonamides is 1. The Labute approximate surface area is 153 Å². The van der Waals surface area contributed by atoms with Gasteiger partial charge in [0.1, 0.15) is 11.6 Å². The monoisotopic (exact) mass is 374 g/mol. The molecule has 26 heavy (non-hydrogen) atoms. The van der Waals surface area contributed by atoms with E-state index in [9.17, 15) is 13.2 Å². The third kappa shape index (κ3) is 5.16. The number of unbranched alkanes of at least 4 members (excludes halogenated alkanes) is 1. The van der Waals surface area contributed by atoms with Crippen LogP contribution in [0.3, 0.4) is 0 Å². The van der Waals surface area contributed by atoms with Gasteiger partial charge in [0, 0.05) is 11.1 Å². The highest BCUT2D eigenvalue weighted by Gasteiger charge is 2.12. The Morgan fingerprint density at radius 1 is 1.27 bits per heavy atom. The van der Waals surface area contributed by atoms with E-state index in [1.54, 1.807) is 30.3 Å². The van der Waals surface area contributed by atoms with Gasteiger partial charge < -0.3 is 10.5 Å². The average Bonchev–Trinajstić information content (AvgIpc) is 2.57. The molecule has 0 atom stereocenters. The quantitative estimate of drug-likeness (QED) is 0.264. The van der Waals surface area contributed by atoms with E-state index in [0.717, 1.165) is 24.5 Å². The number of hydrogen-bond donors (Lipinski definition) is 1. The van der Waals surface area contributed by atoms with Gasteiger partial charge in [0.05, 0.1) is 6.26 Å². The van der Waals surface area contributed by atoms with Gasteiger partial charge >= 0.3 is 5.97 Å². The molecule has 0 spiro atoms. The van der Waals surface area contributed by atoms with Gasteiger partial charge in [-0.25, -0.2) is 13.2 Å². The predicted molar refractivity (Wildman–Crippen MR) is 104 cm³/mol. The van der Waals surface area contributed by atoms with Crippen molar-refractivity contribution in [3.8, 4) is 5.75 Å². The smallest absolute Gasteiger partial charge is 0.338 e. The van der Waals surface area contributed by atoms with Crippen LogP contribution in [0.4, 0.5) is 0 Å². The van der Waals surface area contributed by atoms with Gasteiger partial charge in [-0.1, -0.05) is 44.2 Å². The first-order chi connectivity index (χ1) is 12.2. The molecule has 0 aromatic heterocycles. The summed E-state index contributed by atoms with van der Waals surface area (Å²) in [7, 11) is -3.62. The molecule has 0 saturated carbocycles. The van der Waals surface area contributed by atoms with Crippen molar-refractivity contribution in [2.75, 3.05) is 6.26 Å². The van der Waals surface area contributed by atoms with Crippen LogP contribution in [0.25, 0.3) is 10.8 Å². The lowest BCUT2D eigenvalue weighted by Gasteiger charge is -2.10. The standard InChI is InChI=1S/C19H22N2O4S/c1-4-5-7-13(2)19(22)25-15-11-10-14-8-6-9-16(17(14)12-15)18(20)21-26(3,23)24/h6,8-12H,2,4-5,7H2,1,3H3,(H2,20,21). The number of carbonyl (C=O) groups excluding carboxylic acids is 1. The van der Waals surface area contributed by atoms with Gasteiger partial charge in [0.2, 0.25) is 0 Å². The van der Waals surface area contributed by atoms with Crippen molar-refractivity contribution in [1.29, 1.82) is 0 Å². The zero-order valence-corrected chi connectivity index (χ0v) is 15.7. The Kier molecular flexibility index (Phi) is 6.15. The summed E-state index contributed by atoms with van der Waals surface area (Å²) < 4.78 is 31.7. The number of esters is 1. The molecule has 0 fully saturated rings. The summed E-state index contributed by atoms with van der Waals surface area (Å²) in [5, 5.41) is 1.46. The lowest BCUT2D eigenvalue weighted by Crippen LogP contribution is -2.16. The van der Waals surface area contributed by atoms with Crippen LogP contribution in [-0.4, -0.2) is 26.5 Å². The van der Waals surface area contributed by atoms with Crippen LogP contribution in [0.5, 0.6) is 5.75 Å². The van der Waals surface area contributed by atoms with Crippen LogP contribution in [0.1, 0.15) is 31.7 Å². The van der Waals surface area contributed by atoms with Crippen LogP contribution in [0.2, 0.25) is 0 Å². The number of carbonyl (C=O) groups is 1. The van der Waals surface area contributed by atoms with Crippen LogP contribution in [0, 0.1) is 0 Å². The van der Waals surface area contributed by atoms with Gasteiger partial charge in [-0.3, -0.25) is 0 Å². The molecule has 138 valence electrons. The number of hydrogen-bond acceptors (Lipinski definition) is 4. The summed E-state index contributed by atoms with van der Waals surface area (Å²) >= 11 is 0. The highest BCUT2D eigenvalue weighted by molar-refractivity contribution is 7.89. The maximum Gasteiger partial charge on any atom is 0.338 e. The first kappa shape index (κ1) is 19.7. The summed E-state index contributed by atoms with van der Waals surface area (Å²) in [6.07, 6.45) is 3.39. The third-order valence-electron chi connectivity index (χ3n) is 3.73. The first-order valence-electron chi connectivity index (χ1n) is 8.20. The third-order valence-corrected chi connectivity index (χ3v) is 4.25. The molecular formula is C19H22N2O4S. The second-order valence-electron chi connectivity index (χ2n) is 5.99. The van der Waals surface area contributed by atoms with E-state index in [0.29, 0.717) is 28.7 Å². The predicted octanol–water partition coefficient (Wildman–Crippen LogP) is 3.16. The maximum atomic E-state index is 12.1. The molecule has 0 aliphatic carbocycles. The Morgan fingerprint density at radius 2 is 2.00 bits per heavy atom. The normalized spacial score (nSPS) is 12.2. The molecule has 0 unspecified atom stereocenters. The van der Waals surface area contributed by atoms with E-state index in [2.05, 4.69) is 11.0 Å². The van der Waals surface area contributed by atoms with E-state index in [-0.39, 0.29) is 5.84 Å². The molecule has 7 heteroatoms. The van der Waals surface area contributed by atoms with Gasteiger partial charge in [0.25, 0.3) is 10.0 Å². The number of nitrogens with two attached hydrogens (primary N) is 1. The molecule has 0 heterocycles. The van der Waals surface area contributed by atoms with Crippen molar-refractivity contribution in [3.63, 3.8) is 0 Å². The number of amidine groups is 1. The molecule has 6 nitrogen and oxygen atoms in total. The molecule has 2 N–H and O–H groups in total. The van der Waals surface area contributed by atoms with E-state index in [4.69, 9.17) is 10.5 Å². The molecule has 2 aromatic rings. The van der Waals surface area contributed by atoms with Crippen molar-refractivity contribution >= 4 is 32.6 Å². The number of nitrogens with zero attached hydrogens (tertiary/aromatic N) is 1. The van der Waals surface area contributed by atoms with Crippen LogP contribution < -0.4 is 10.5 Å². The lowest BCUT2D eigenvalue weighted by atomic mass is 10.0. The molecule has 0 radical (unpaired) electrons. The van der Waals surface area contributed by atoms with Crippen molar-refractivity contribution in [2.45, 2.75) is 26.2 Å². The minimum atomic E-state index is -3.62. The molecule has 0 aliphatic rings. The molecule has 2 rings (SSSR count). The number of rotatable bonds is 7. The van der Waals surface area contributed by atoms with Crippen LogP contribution in [0.15, 0.2) is 52.9 Å². The van der Waals surface area contributed by atoms with E-state index in [1.165, 1.54) is 0 Å². The number of ether oxygens (including phenoxy) is 1. The zero-order chi connectivity index (χ0) is 19.3. The second kappa shape index (κ2) is 8.14. The van der Waals surface area contributed by atoms with Crippen LogP contribution in [-0.2, 0) is 14.8 Å². The lowest BCUT2D eigenvalue weighted by molar-refractivity contribution is -0.130. The molecule has 2 aromatic carbocycles. The summed E-state index contributed by atoms with van der Waals surface area (Å²) in [5.74, 6) is -0.262. The summed E-state index contributed by atoms with van der Waals surface area (Å²) in [5.41, 5.74) is 6.72. The Hall–Kier alpha value is -2.67. The highest BCUT2D eigenvalue weighted by atomic mass is 32.2. The largest absolute Gasteiger partial charge is 0.423 e. The van der Waals surface area contributed by atoms with Crippen molar-refractivity contribution in [3.05, 3.63) is 54.1 Å². The molecule has 0 saturated heterocycles. The van der Waals surface area contributed by atoms with Crippen molar-refractivity contribution in [2.24, 2.45) is 10.1 Å². The Balaban J connectivity index is 2.38. The van der Waals surface area contributed by atoms with Crippen LogP contribution >= 0.6 is 0 Å². The molecule has 0 aliphatic heterocycles. The van der Waals surface area contributed by atoms with E-state index in [1.807, 2.05) is 13.0 Å². The van der Waals surface area contributed by atoms with Crippen molar-refractivity contribution < 1.29 is 17.9 Å². The summed E-state index contributed by atoms with van der Waals surface area (Å²) in [4.78, 5) is 12.1. The minimum absolute atomic E-state index is 0.117. The zero-order valence-electron chi connectivity index (χ0n) is 14.9. The topological polar surface area (TPSA) is 98.8 Å². The van der Waals surface area contributed by atoms with Gasteiger partial charge in [-0.2, -0.15) is 0 Å². The second-order valence-corrected chi connectivity index (χ2v) is 7.64. The molecule has 0 bridgehead atoms. The Morgan fingerprint density at radius 3 is 2.65 bits per heavy atom. The fraction of sp³-hybridized carbons (Fsp3) is 0.263. The van der Waals surface area contributed by atoms with Crippen molar-refractivity contribution in [1.82, 2.24) is 0 Å². The SMILES string of the molecule is C=C(CCCC)C(=O)Oc1ccc2cccc(C(N)=NS(C)(=O)=O)c2c1. The first-order valence-corrected chi connectivity index (χ1v) is 10.0. The Bertz CT molecular complexity index is 978. The average molecular weight is 374 g/mol. The van der Waals surface area contributed by atoms with E-state index >= 15 is 0 Å². The summed E-state index contributed by atoms with van der Waals surface area (Å²) in [6, 6.07) is 10.3. The highest BCUT2D eigenvalue weighted by Crippen LogP contribution is 2.25. The number of fused-ring (bicyclic) bond motifs is 1. The summed E-state index contributed by atoms with van der Waals surface area (Å²) in [6.45, 7) is 5.79. The molecule has 0 amide bonds. The van der Waals surface area contributed by atoms with Gasteiger partial charge in [-0.05, 0) is 35.7 Å². The maximum absolute atomic E-state index is 12.1. The molecular weight excluding hydrogens is 352 g/mol.